The molecule has 2 amide bonds. The van der Waals surface area contributed by atoms with Gasteiger partial charge in [0.1, 0.15) is 0 Å². The zero-order chi connectivity index (χ0) is 15.9. The van der Waals surface area contributed by atoms with Crippen LogP contribution in [-0.4, -0.2) is 59.9 Å². The number of piperidine rings is 1. The summed E-state index contributed by atoms with van der Waals surface area (Å²) in [6.45, 7) is 4.47. The van der Waals surface area contributed by atoms with Gasteiger partial charge in [-0.3, -0.25) is 14.6 Å². The number of carbonyl (C=O) groups excluding carboxylic acids is 2. The average molecular weight is 325 g/mol. The van der Waals surface area contributed by atoms with Crippen LogP contribution in [0.4, 0.5) is 0 Å². The van der Waals surface area contributed by atoms with Gasteiger partial charge in [0.05, 0.1) is 24.6 Å². The number of nitrogens with zero attached hydrogens (tertiary/aromatic N) is 3. The van der Waals surface area contributed by atoms with Crippen molar-refractivity contribution in [3.05, 3.63) is 16.6 Å². The van der Waals surface area contributed by atoms with Crippen LogP contribution in [0.2, 0.25) is 0 Å². The Kier molecular flexibility index (Phi) is 6.33. The van der Waals surface area contributed by atoms with E-state index in [-0.39, 0.29) is 17.7 Å². The van der Waals surface area contributed by atoms with Crippen molar-refractivity contribution in [1.29, 1.82) is 0 Å². The lowest BCUT2D eigenvalue weighted by atomic mass is 9.96. The molecule has 1 atom stereocenters. The smallest absolute Gasteiger partial charge is 0.227 e. The van der Waals surface area contributed by atoms with Crippen LogP contribution in [0.3, 0.4) is 0 Å². The van der Waals surface area contributed by atoms with Crippen molar-refractivity contribution in [3.8, 4) is 0 Å². The van der Waals surface area contributed by atoms with Gasteiger partial charge >= 0.3 is 0 Å². The number of aromatic nitrogens is 1. The Labute approximate surface area is 135 Å². The number of rotatable bonds is 6. The molecule has 22 heavy (non-hydrogen) atoms. The normalized spacial score (nSPS) is 18.3. The number of likely N-dealkylation sites (tertiary alicyclic amines) is 1. The summed E-state index contributed by atoms with van der Waals surface area (Å²) in [6, 6.07) is 0. The second-order valence-electron chi connectivity index (χ2n) is 5.52. The van der Waals surface area contributed by atoms with Gasteiger partial charge in [-0.1, -0.05) is 0 Å². The van der Waals surface area contributed by atoms with E-state index in [1.165, 1.54) is 0 Å². The molecule has 0 aromatic carbocycles. The molecule has 1 saturated heterocycles. The van der Waals surface area contributed by atoms with Crippen LogP contribution in [0.25, 0.3) is 0 Å². The summed E-state index contributed by atoms with van der Waals surface area (Å²) in [5, 5.41) is 0. The van der Waals surface area contributed by atoms with Gasteiger partial charge < -0.3 is 14.5 Å². The van der Waals surface area contributed by atoms with Gasteiger partial charge in [-0.2, -0.15) is 0 Å². The fraction of sp³-hybridized carbons (Fsp3) is 0.667. The van der Waals surface area contributed by atoms with Gasteiger partial charge in [-0.15, -0.1) is 11.3 Å². The molecule has 0 N–H and O–H groups in total. The van der Waals surface area contributed by atoms with E-state index in [0.29, 0.717) is 26.2 Å². The highest BCUT2D eigenvalue weighted by molar-refractivity contribution is 7.09. The average Bonchev–Trinajstić information content (AvgIpc) is 3.04. The van der Waals surface area contributed by atoms with Gasteiger partial charge in [-0.05, 0) is 12.8 Å². The first-order chi connectivity index (χ1) is 10.6. The van der Waals surface area contributed by atoms with Crippen molar-refractivity contribution in [2.24, 2.45) is 5.92 Å². The molecule has 1 fully saturated rings. The number of ether oxygens (including phenoxy) is 1. The van der Waals surface area contributed by atoms with E-state index in [2.05, 4.69) is 4.98 Å². The largest absolute Gasteiger partial charge is 0.383 e. The second-order valence-corrected chi connectivity index (χ2v) is 6.50. The molecule has 1 aromatic rings. The third kappa shape index (κ3) is 4.51. The first kappa shape index (κ1) is 16.9. The van der Waals surface area contributed by atoms with Gasteiger partial charge in [-0.25, -0.2) is 0 Å². The maximum Gasteiger partial charge on any atom is 0.227 e. The predicted molar refractivity (Wildman–Crippen MR) is 84.4 cm³/mol. The van der Waals surface area contributed by atoms with Crippen LogP contribution < -0.4 is 0 Å². The lowest BCUT2D eigenvalue weighted by molar-refractivity contribution is -0.141. The molecule has 1 aliphatic heterocycles. The second kappa shape index (κ2) is 8.24. The molecule has 6 nitrogen and oxygen atoms in total. The standard InChI is InChI=1S/C15H23N3O3S/c1-12(19)17-5-3-4-13(9-17)15(20)18(6-7-21-2)10-14-8-16-11-22-14/h8,11,13H,3-7,9-10H2,1-2H3/t13-/m0/s1. The Morgan fingerprint density at radius 1 is 1.55 bits per heavy atom. The highest BCUT2D eigenvalue weighted by Crippen LogP contribution is 2.20. The van der Waals surface area contributed by atoms with Crippen LogP contribution in [0.15, 0.2) is 11.7 Å². The molecule has 7 heteroatoms. The van der Waals surface area contributed by atoms with Crippen LogP contribution in [0, 0.1) is 5.92 Å². The fourth-order valence-electron chi connectivity index (χ4n) is 2.70. The molecule has 2 rings (SSSR count). The maximum absolute atomic E-state index is 12.8. The Balaban J connectivity index is 2.02. The van der Waals surface area contributed by atoms with Crippen molar-refractivity contribution >= 4 is 23.2 Å². The molecule has 0 aliphatic carbocycles. The lowest BCUT2D eigenvalue weighted by Crippen LogP contribution is -2.46. The monoisotopic (exact) mass is 325 g/mol. The van der Waals surface area contributed by atoms with Crippen molar-refractivity contribution in [2.75, 3.05) is 33.4 Å². The number of hydrogen-bond acceptors (Lipinski definition) is 5. The zero-order valence-electron chi connectivity index (χ0n) is 13.2. The molecular formula is C15H23N3O3S. The van der Waals surface area contributed by atoms with Crippen molar-refractivity contribution in [1.82, 2.24) is 14.8 Å². The minimum Gasteiger partial charge on any atom is -0.383 e. The number of hydrogen-bond donors (Lipinski definition) is 0. The van der Waals surface area contributed by atoms with Crippen LogP contribution in [-0.2, 0) is 20.9 Å². The SMILES string of the molecule is COCCN(Cc1cncs1)C(=O)[C@H]1CCCN(C(C)=O)C1. The van der Waals surface area contributed by atoms with E-state index in [1.807, 2.05) is 4.90 Å². The van der Waals surface area contributed by atoms with E-state index < -0.39 is 0 Å². The number of amides is 2. The van der Waals surface area contributed by atoms with Gasteiger partial charge in [0.2, 0.25) is 11.8 Å². The quantitative estimate of drug-likeness (QED) is 0.793. The molecule has 0 radical (unpaired) electrons. The first-order valence-corrected chi connectivity index (χ1v) is 8.40. The molecule has 0 spiro atoms. The minimum absolute atomic E-state index is 0.0448. The number of carbonyl (C=O) groups is 2. The van der Waals surface area contributed by atoms with Crippen molar-refractivity contribution in [2.45, 2.75) is 26.3 Å². The summed E-state index contributed by atoms with van der Waals surface area (Å²) in [6.07, 6.45) is 3.52. The van der Waals surface area contributed by atoms with Gasteiger partial charge in [0.25, 0.3) is 0 Å². The summed E-state index contributed by atoms with van der Waals surface area (Å²) in [5.74, 6) is 0.0437. The first-order valence-electron chi connectivity index (χ1n) is 7.52. The third-order valence-corrected chi connectivity index (χ3v) is 4.69. The van der Waals surface area contributed by atoms with E-state index >= 15 is 0 Å². The topological polar surface area (TPSA) is 62.7 Å². The molecule has 0 bridgehead atoms. The molecule has 0 saturated carbocycles. The van der Waals surface area contributed by atoms with Gasteiger partial charge in [0, 0.05) is 44.7 Å². The Morgan fingerprint density at radius 3 is 3.00 bits per heavy atom. The Bertz CT molecular complexity index is 492. The Hall–Kier alpha value is -1.47. The zero-order valence-corrected chi connectivity index (χ0v) is 14.0. The lowest BCUT2D eigenvalue weighted by Gasteiger charge is -2.34. The van der Waals surface area contributed by atoms with E-state index in [0.717, 1.165) is 24.3 Å². The highest BCUT2D eigenvalue weighted by Gasteiger charge is 2.30. The van der Waals surface area contributed by atoms with Gasteiger partial charge in [0.15, 0.2) is 0 Å². The van der Waals surface area contributed by atoms with Crippen molar-refractivity contribution < 1.29 is 14.3 Å². The maximum atomic E-state index is 12.8. The van der Waals surface area contributed by atoms with Crippen molar-refractivity contribution in [3.63, 3.8) is 0 Å². The predicted octanol–water partition coefficient (Wildman–Crippen LogP) is 1.38. The molecular weight excluding hydrogens is 302 g/mol. The Morgan fingerprint density at radius 2 is 2.36 bits per heavy atom. The molecule has 0 unspecified atom stereocenters. The van der Waals surface area contributed by atoms with Crippen LogP contribution in [0.1, 0.15) is 24.6 Å². The van der Waals surface area contributed by atoms with E-state index in [1.54, 1.807) is 42.0 Å². The molecule has 1 aliphatic rings. The summed E-state index contributed by atoms with van der Waals surface area (Å²) in [5.41, 5.74) is 1.77. The summed E-state index contributed by atoms with van der Waals surface area (Å²) in [4.78, 5) is 33.1. The summed E-state index contributed by atoms with van der Waals surface area (Å²) >= 11 is 1.54. The molecule has 2 heterocycles. The highest BCUT2D eigenvalue weighted by atomic mass is 32.1. The van der Waals surface area contributed by atoms with E-state index in [9.17, 15) is 9.59 Å². The summed E-state index contributed by atoms with van der Waals surface area (Å²) in [7, 11) is 1.63. The van der Waals surface area contributed by atoms with E-state index in [4.69, 9.17) is 4.74 Å². The third-order valence-electron chi connectivity index (χ3n) is 3.92. The number of methoxy groups -OCH3 is 1. The minimum atomic E-state index is -0.109. The number of thiazole rings is 1. The fourth-order valence-corrected chi connectivity index (χ4v) is 3.31. The molecule has 122 valence electrons. The van der Waals surface area contributed by atoms with Crippen LogP contribution >= 0.6 is 11.3 Å². The molecule has 1 aromatic heterocycles. The summed E-state index contributed by atoms with van der Waals surface area (Å²) < 4.78 is 5.12. The van der Waals surface area contributed by atoms with Crippen LogP contribution in [0.5, 0.6) is 0 Å².